The van der Waals surface area contributed by atoms with Crippen LogP contribution in [0.1, 0.15) is 11.3 Å². The average molecular weight is 313 g/mol. The van der Waals surface area contributed by atoms with Gasteiger partial charge < -0.3 is 5.11 Å². The maximum absolute atomic E-state index is 10.8. The van der Waals surface area contributed by atoms with Crippen molar-refractivity contribution in [2.75, 3.05) is 0 Å². The van der Waals surface area contributed by atoms with Crippen LogP contribution < -0.4 is 0 Å². The Balaban J connectivity index is 2.08. The molecule has 0 unspecified atom stereocenters. The van der Waals surface area contributed by atoms with Crippen LogP contribution in [0.5, 0.6) is 0 Å². The van der Waals surface area contributed by atoms with Crippen molar-refractivity contribution in [3.63, 3.8) is 0 Å². The minimum Gasteiger partial charge on any atom is -0.481 e. The number of nitrogens with zero attached hydrogens (tertiary/aromatic N) is 3. The Morgan fingerprint density at radius 1 is 1.32 bits per heavy atom. The van der Waals surface area contributed by atoms with E-state index in [2.05, 4.69) is 29.1 Å². The number of carboxylic acid groups (broad SMARTS) is 1. The second kappa shape index (κ2) is 5.73. The van der Waals surface area contributed by atoms with Gasteiger partial charge in [0.1, 0.15) is 5.01 Å². The van der Waals surface area contributed by atoms with Crippen molar-refractivity contribution in [2.45, 2.75) is 13.3 Å². The molecule has 6 heteroatoms. The number of aliphatic carboxylic acids is 1. The Bertz CT molecular complexity index is 836. The van der Waals surface area contributed by atoms with E-state index in [4.69, 9.17) is 5.11 Å². The average Bonchev–Trinajstić information content (AvgIpc) is 3.06. The predicted molar refractivity (Wildman–Crippen MR) is 85.8 cm³/mol. The largest absolute Gasteiger partial charge is 0.481 e. The quantitative estimate of drug-likeness (QED) is 0.803. The van der Waals surface area contributed by atoms with Crippen LogP contribution in [0.4, 0.5) is 0 Å². The predicted octanol–water partition coefficient (Wildman–Crippen LogP) is 3.15. The van der Waals surface area contributed by atoms with Crippen LogP contribution >= 0.6 is 11.3 Å². The zero-order chi connectivity index (χ0) is 15.7. The fourth-order valence-electron chi connectivity index (χ4n) is 2.42. The first-order valence-corrected chi connectivity index (χ1v) is 7.69. The lowest BCUT2D eigenvalue weighted by Gasteiger charge is -2.08. The number of thiazole rings is 1. The van der Waals surface area contributed by atoms with Crippen LogP contribution in [0.3, 0.4) is 0 Å². The van der Waals surface area contributed by atoms with E-state index in [0.717, 1.165) is 27.4 Å². The number of hydrogen-bond donors (Lipinski definition) is 1. The minimum atomic E-state index is -0.873. The molecule has 0 spiro atoms. The minimum absolute atomic E-state index is 0.0591. The summed E-state index contributed by atoms with van der Waals surface area (Å²) >= 11 is 1.44. The third-order valence-electron chi connectivity index (χ3n) is 3.45. The molecule has 112 valence electrons. The van der Waals surface area contributed by atoms with Crippen molar-refractivity contribution < 1.29 is 9.90 Å². The van der Waals surface area contributed by atoms with E-state index in [-0.39, 0.29) is 6.42 Å². The number of benzene rings is 1. The molecule has 1 N–H and O–H groups in total. The fourth-order valence-corrected chi connectivity index (χ4v) is 3.25. The molecular weight excluding hydrogens is 298 g/mol. The Hall–Kier alpha value is -2.47. The number of aromatic nitrogens is 3. The summed E-state index contributed by atoms with van der Waals surface area (Å²) in [5.41, 5.74) is 4.77. The molecule has 1 aromatic carbocycles. The third-order valence-corrected chi connectivity index (χ3v) is 4.38. The van der Waals surface area contributed by atoms with Gasteiger partial charge in [0.05, 0.1) is 29.6 Å². The van der Waals surface area contributed by atoms with E-state index < -0.39 is 5.97 Å². The Labute approximate surface area is 131 Å². The van der Waals surface area contributed by atoms with Gasteiger partial charge in [-0.15, -0.1) is 11.3 Å². The SMILES string of the molecule is Cc1ccccc1-c1c(-c2nc(CC(=O)O)cs2)cnn1C. The number of rotatable bonds is 4. The summed E-state index contributed by atoms with van der Waals surface area (Å²) in [7, 11) is 1.90. The highest BCUT2D eigenvalue weighted by molar-refractivity contribution is 7.13. The first kappa shape index (κ1) is 14.5. The normalized spacial score (nSPS) is 10.8. The van der Waals surface area contributed by atoms with E-state index in [1.165, 1.54) is 11.3 Å². The van der Waals surface area contributed by atoms with Crippen LogP contribution in [-0.2, 0) is 18.3 Å². The van der Waals surface area contributed by atoms with E-state index in [1.807, 2.05) is 23.9 Å². The van der Waals surface area contributed by atoms with Crippen LogP contribution in [0, 0.1) is 6.92 Å². The van der Waals surface area contributed by atoms with E-state index in [9.17, 15) is 4.79 Å². The maximum atomic E-state index is 10.8. The molecule has 0 saturated carbocycles. The molecule has 5 nitrogen and oxygen atoms in total. The summed E-state index contributed by atoms with van der Waals surface area (Å²) in [6, 6.07) is 8.12. The van der Waals surface area contributed by atoms with Crippen molar-refractivity contribution in [1.29, 1.82) is 0 Å². The first-order chi connectivity index (χ1) is 10.6. The lowest BCUT2D eigenvalue weighted by atomic mass is 10.0. The molecule has 0 aliphatic heterocycles. The molecule has 0 atom stereocenters. The van der Waals surface area contributed by atoms with Gasteiger partial charge in [-0.05, 0) is 12.5 Å². The zero-order valence-electron chi connectivity index (χ0n) is 12.3. The van der Waals surface area contributed by atoms with Crippen molar-refractivity contribution in [3.8, 4) is 21.8 Å². The molecule has 22 heavy (non-hydrogen) atoms. The van der Waals surface area contributed by atoms with Crippen LogP contribution in [-0.4, -0.2) is 25.8 Å². The van der Waals surface area contributed by atoms with Gasteiger partial charge in [-0.25, -0.2) is 4.98 Å². The van der Waals surface area contributed by atoms with E-state index in [0.29, 0.717) is 5.69 Å². The van der Waals surface area contributed by atoms with E-state index in [1.54, 1.807) is 11.6 Å². The monoisotopic (exact) mass is 313 g/mol. The molecule has 0 amide bonds. The molecule has 0 bridgehead atoms. The van der Waals surface area contributed by atoms with Gasteiger partial charge >= 0.3 is 5.97 Å². The van der Waals surface area contributed by atoms with Crippen LogP contribution in [0.2, 0.25) is 0 Å². The second-order valence-corrected chi connectivity index (χ2v) is 5.92. The van der Waals surface area contributed by atoms with Crippen molar-refractivity contribution in [3.05, 3.63) is 47.1 Å². The van der Waals surface area contributed by atoms with Gasteiger partial charge in [0.2, 0.25) is 0 Å². The number of hydrogen-bond acceptors (Lipinski definition) is 4. The number of aryl methyl sites for hydroxylation is 2. The summed E-state index contributed by atoms with van der Waals surface area (Å²) in [5.74, 6) is -0.873. The number of carboxylic acids is 1. The Kier molecular flexibility index (Phi) is 3.77. The molecule has 0 saturated heterocycles. The molecular formula is C16H15N3O2S. The summed E-state index contributed by atoms with van der Waals surface area (Å²) in [4.78, 5) is 15.2. The van der Waals surface area contributed by atoms with Crippen molar-refractivity contribution in [1.82, 2.24) is 14.8 Å². The lowest BCUT2D eigenvalue weighted by Crippen LogP contribution is -2.00. The lowest BCUT2D eigenvalue weighted by molar-refractivity contribution is -0.136. The third kappa shape index (κ3) is 2.65. The molecule has 3 aromatic rings. The molecule has 0 fully saturated rings. The Morgan fingerprint density at radius 3 is 2.82 bits per heavy atom. The van der Waals surface area contributed by atoms with Crippen molar-refractivity contribution in [2.24, 2.45) is 7.05 Å². The highest BCUT2D eigenvalue weighted by atomic mass is 32.1. The molecule has 0 aliphatic carbocycles. The van der Waals surface area contributed by atoms with Gasteiger partial charge in [-0.2, -0.15) is 5.10 Å². The summed E-state index contributed by atoms with van der Waals surface area (Å²) in [5, 5.41) is 15.8. The second-order valence-electron chi connectivity index (χ2n) is 5.06. The Morgan fingerprint density at radius 2 is 2.09 bits per heavy atom. The molecule has 2 heterocycles. The van der Waals surface area contributed by atoms with E-state index >= 15 is 0 Å². The highest BCUT2D eigenvalue weighted by Gasteiger charge is 2.17. The van der Waals surface area contributed by atoms with Crippen molar-refractivity contribution >= 4 is 17.3 Å². The molecule has 0 aliphatic rings. The maximum Gasteiger partial charge on any atom is 0.309 e. The number of carbonyl (C=O) groups is 1. The van der Waals surface area contributed by atoms with Gasteiger partial charge in [0, 0.05) is 18.0 Å². The standard InChI is InChI=1S/C16H15N3O2S/c1-10-5-3-4-6-12(10)15-13(8-17-19(15)2)16-18-11(9-22-16)7-14(20)21/h3-6,8-9H,7H2,1-2H3,(H,20,21). The van der Waals surface area contributed by atoms with Gasteiger partial charge in [0.15, 0.2) is 0 Å². The van der Waals surface area contributed by atoms with Crippen LogP contribution in [0.25, 0.3) is 21.8 Å². The topological polar surface area (TPSA) is 68.0 Å². The highest BCUT2D eigenvalue weighted by Crippen LogP contribution is 2.34. The molecule has 0 radical (unpaired) electrons. The van der Waals surface area contributed by atoms with Gasteiger partial charge in [0.25, 0.3) is 0 Å². The van der Waals surface area contributed by atoms with Gasteiger partial charge in [-0.1, -0.05) is 24.3 Å². The zero-order valence-corrected chi connectivity index (χ0v) is 13.1. The summed E-state index contributed by atoms with van der Waals surface area (Å²) < 4.78 is 1.83. The summed E-state index contributed by atoms with van der Waals surface area (Å²) in [6.07, 6.45) is 1.72. The summed E-state index contributed by atoms with van der Waals surface area (Å²) in [6.45, 7) is 2.06. The van der Waals surface area contributed by atoms with Gasteiger partial charge in [-0.3, -0.25) is 9.48 Å². The fraction of sp³-hybridized carbons (Fsp3) is 0.188. The smallest absolute Gasteiger partial charge is 0.309 e. The first-order valence-electron chi connectivity index (χ1n) is 6.81. The molecule has 2 aromatic heterocycles. The van der Waals surface area contributed by atoms with Crippen LogP contribution in [0.15, 0.2) is 35.8 Å². The molecule has 3 rings (SSSR count).